The molecule has 0 aliphatic rings. The van der Waals surface area contributed by atoms with Gasteiger partial charge in [-0.15, -0.1) is 0 Å². The molecule has 0 spiro atoms. The predicted molar refractivity (Wildman–Crippen MR) is 73.9 cm³/mol. The quantitative estimate of drug-likeness (QED) is 0.672. The van der Waals surface area contributed by atoms with Crippen LogP contribution in [0.5, 0.6) is 0 Å². The van der Waals surface area contributed by atoms with Crippen molar-refractivity contribution in [1.29, 1.82) is 0 Å². The highest BCUT2D eigenvalue weighted by Crippen LogP contribution is 2.31. The van der Waals surface area contributed by atoms with Crippen molar-refractivity contribution in [3.8, 4) is 11.5 Å². The van der Waals surface area contributed by atoms with Crippen LogP contribution in [-0.4, -0.2) is 4.98 Å². The number of rotatable bonds is 1. The Balaban J connectivity index is 2.22. The van der Waals surface area contributed by atoms with E-state index < -0.39 is 0 Å². The lowest BCUT2D eigenvalue weighted by Gasteiger charge is -2.00. The lowest BCUT2D eigenvalue weighted by atomic mass is 10.2. The van der Waals surface area contributed by atoms with E-state index in [1.165, 1.54) is 0 Å². The fraction of sp³-hybridized carbons (Fsp3) is 0. The molecule has 2 N–H and O–H groups in total. The summed E-state index contributed by atoms with van der Waals surface area (Å²) in [6, 6.07) is 10.4. The number of fused-ring (bicyclic) bond motifs is 1. The summed E-state index contributed by atoms with van der Waals surface area (Å²) >= 11 is 11.8. The van der Waals surface area contributed by atoms with Gasteiger partial charge in [-0.3, -0.25) is 0 Å². The smallest absolute Gasteiger partial charge is 0.229 e. The van der Waals surface area contributed by atoms with E-state index in [1.807, 2.05) is 0 Å². The Kier molecular flexibility index (Phi) is 2.65. The zero-order valence-electron chi connectivity index (χ0n) is 9.15. The van der Waals surface area contributed by atoms with E-state index >= 15 is 0 Å². The average Bonchev–Trinajstić information content (AvgIpc) is 2.74. The van der Waals surface area contributed by atoms with Crippen LogP contribution < -0.4 is 5.73 Å². The SMILES string of the molecule is Nc1ccc(Cl)cc1-c1nc2ccc(Cl)cc2o1. The van der Waals surface area contributed by atoms with E-state index in [4.69, 9.17) is 33.4 Å². The molecule has 0 bridgehead atoms. The third kappa shape index (κ3) is 1.92. The van der Waals surface area contributed by atoms with Crippen molar-refractivity contribution in [3.63, 3.8) is 0 Å². The highest BCUT2D eigenvalue weighted by Gasteiger charge is 2.11. The normalized spacial score (nSPS) is 11.0. The van der Waals surface area contributed by atoms with Gasteiger partial charge in [0.1, 0.15) is 5.52 Å². The Labute approximate surface area is 113 Å². The van der Waals surface area contributed by atoms with Crippen LogP contribution >= 0.6 is 23.2 Å². The number of hydrogen-bond acceptors (Lipinski definition) is 3. The molecule has 2 aromatic carbocycles. The fourth-order valence-electron chi connectivity index (χ4n) is 1.73. The molecule has 5 heteroatoms. The molecule has 90 valence electrons. The highest BCUT2D eigenvalue weighted by molar-refractivity contribution is 6.31. The number of nitrogen functional groups attached to an aromatic ring is 1. The second kappa shape index (κ2) is 4.19. The summed E-state index contributed by atoms with van der Waals surface area (Å²) in [7, 11) is 0. The molecule has 0 radical (unpaired) electrons. The number of hydrogen-bond donors (Lipinski definition) is 1. The molecule has 3 rings (SSSR count). The Hall–Kier alpha value is -1.71. The van der Waals surface area contributed by atoms with Crippen LogP contribution in [0.25, 0.3) is 22.6 Å². The summed E-state index contributed by atoms with van der Waals surface area (Å²) in [5.74, 6) is 0.437. The van der Waals surface area contributed by atoms with Gasteiger partial charge in [-0.1, -0.05) is 23.2 Å². The standard InChI is InChI=1S/C13H8Cl2N2O/c14-7-1-3-10(16)9(5-7)13-17-11-4-2-8(15)6-12(11)18-13/h1-6H,16H2. The predicted octanol–water partition coefficient (Wildman–Crippen LogP) is 4.38. The van der Waals surface area contributed by atoms with Gasteiger partial charge in [0.05, 0.1) is 5.56 Å². The van der Waals surface area contributed by atoms with Gasteiger partial charge in [-0.25, -0.2) is 4.98 Å². The number of oxazole rings is 1. The minimum absolute atomic E-state index is 0.437. The Morgan fingerprint density at radius 1 is 1.00 bits per heavy atom. The van der Waals surface area contributed by atoms with Crippen LogP contribution in [0.2, 0.25) is 10.0 Å². The summed E-state index contributed by atoms with van der Waals surface area (Å²) in [6.45, 7) is 0. The van der Waals surface area contributed by atoms with Gasteiger partial charge in [-0.2, -0.15) is 0 Å². The molecule has 1 aromatic heterocycles. The number of halogens is 2. The van der Waals surface area contributed by atoms with E-state index in [0.717, 1.165) is 5.52 Å². The minimum atomic E-state index is 0.437. The Morgan fingerprint density at radius 2 is 1.72 bits per heavy atom. The molecule has 0 amide bonds. The van der Waals surface area contributed by atoms with Crippen LogP contribution in [0.15, 0.2) is 40.8 Å². The van der Waals surface area contributed by atoms with Crippen molar-refractivity contribution in [2.75, 3.05) is 5.73 Å². The molecule has 0 saturated carbocycles. The van der Waals surface area contributed by atoms with Crippen molar-refractivity contribution in [3.05, 3.63) is 46.4 Å². The summed E-state index contributed by atoms with van der Waals surface area (Å²) in [5.41, 5.74) is 8.48. The summed E-state index contributed by atoms with van der Waals surface area (Å²) in [4.78, 5) is 4.36. The monoisotopic (exact) mass is 278 g/mol. The van der Waals surface area contributed by atoms with E-state index in [-0.39, 0.29) is 0 Å². The molecular formula is C13H8Cl2N2O. The topological polar surface area (TPSA) is 52.0 Å². The zero-order chi connectivity index (χ0) is 12.7. The summed E-state index contributed by atoms with van der Waals surface area (Å²) in [6.07, 6.45) is 0. The van der Waals surface area contributed by atoms with Gasteiger partial charge in [0, 0.05) is 21.8 Å². The average molecular weight is 279 g/mol. The second-order valence-electron chi connectivity index (χ2n) is 3.86. The van der Waals surface area contributed by atoms with Crippen molar-refractivity contribution in [2.24, 2.45) is 0 Å². The largest absolute Gasteiger partial charge is 0.436 e. The molecule has 0 atom stereocenters. The number of benzene rings is 2. The molecule has 3 nitrogen and oxygen atoms in total. The molecule has 18 heavy (non-hydrogen) atoms. The van der Waals surface area contributed by atoms with Crippen LogP contribution in [0.4, 0.5) is 5.69 Å². The Morgan fingerprint density at radius 3 is 2.56 bits per heavy atom. The maximum Gasteiger partial charge on any atom is 0.229 e. The number of anilines is 1. The summed E-state index contributed by atoms with van der Waals surface area (Å²) < 4.78 is 5.64. The van der Waals surface area contributed by atoms with Gasteiger partial charge in [-0.05, 0) is 30.3 Å². The lowest BCUT2D eigenvalue weighted by Crippen LogP contribution is -1.89. The van der Waals surface area contributed by atoms with Crippen molar-refractivity contribution >= 4 is 40.0 Å². The minimum Gasteiger partial charge on any atom is -0.436 e. The maximum atomic E-state index is 5.94. The molecule has 0 aliphatic heterocycles. The first-order valence-electron chi connectivity index (χ1n) is 5.25. The van der Waals surface area contributed by atoms with Crippen LogP contribution in [0.1, 0.15) is 0 Å². The first-order chi connectivity index (χ1) is 8.63. The second-order valence-corrected chi connectivity index (χ2v) is 4.74. The molecule has 0 unspecified atom stereocenters. The molecule has 1 heterocycles. The highest BCUT2D eigenvalue weighted by atomic mass is 35.5. The van der Waals surface area contributed by atoms with Gasteiger partial charge < -0.3 is 10.2 Å². The first kappa shape index (κ1) is 11.4. The third-order valence-electron chi connectivity index (χ3n) is 2.60. The first-order valence-corrected chi connectivity index (χ1v) is 6.00. The van der Waals surface area contributed by atoms with Crippen LogP contribution in [0, 0.1) is 0 Å². The molecule has 0 aliphatic carbocycles. The molecule has 0 saturated heterocycles. The van der Waals surface area contributed by atoms with Crippen molar-refractivity contribution in [2.45, 2.75) is 0 Å². The van der Waals surface area contributed by atoms with Gasteiger partial charge in [0.15, 0.2) is 5.58 Å². The van der Waals surface area contributed by atoms with Gasteiger partial charge >= 0.3 is 0 Å². The lowest BCUT2D eigenvalue weighted by molar-refractivity contribution is 0.620. The van der Waals surface area contributed by atoms with Gasteiger partial charge in [0.2, 0.25) is 5.89 Å². The van der Waals surface area contributed by atoms with Crippen LogP contribution in [0.3, 0.4) is 0 Å². The molecular weight excluding hydrogens is 271 g/mol. The van der Waals surface area contributed by atoms with Crippen LogP contribution in [-0.2, 0) is 0 Å². The number of nitrogens with zero attached hydrogens (tertiary/aromatic N) is 1. The zero-order valence-corrected chi connectivity index (χ0v) is 10.7. The molecule has 0 fully saturated rings. The van der Waals surface area contributed by atoms with E-state index in [0.29, 0.717) is 32.8 Å². The van der Waals surface area contributed by atoms with E-state index in [2.05, 4.69) is 4.98 Å². The molecule has 3 aromatic rings. The summed E-state index contributed by atoms with van der Waals surface area (Å²) in [5, 5.41) is 1.18. The van der Waals surface area contributed by atoms with Gasteiger partial charge in [0.25, 0.3) is 0 Å². The Bertz CT molecular complexity index is 737. The number of aromatic nitrogens is 1. The number of nitrogens with two attached hydrogens (primary N) is 1. The maximum absolute atomic E-state index is 5.94. The van der Waals surface area contributed by atoms with Crippen molar-refractivity contribution < 1.29 is 4.42 Å². The van der Waals surface area contributed by atoms with Crippen molar-refractivity contribution in [1.82, 2.24) is 4.98 Å². The third-order valence-corrected chi connectivity index (χ3v) is 3.07. The fourth-order valence-corrected chi connectivity index (χ4v) is 2.06. The van der Waals surface area contributed by atoms with E-state index in [9.17, 15) is 0 Å². The van der Waals surface area contributed by atoms with E-state index in [1.54, 1.807) is 36.4 Å².